The van der Waals surface area contributed by atoms with E-state index in [9.17, 15) is 0 Å². The molecule has 3 aliphatic rings. The fraction of sp³-hybridized carbons (Fsp3) is 0.357. The zero-order chi connectivity index (χ0) is 22.6. The fourth-order valence-corrected chi connectivity index (χ4v) is 5.85. The summed E-state index contributed by atoms with van der Waals surface area (Å²) in [7, 11) is 0. The number of fused-ring (bicyclic) bond motifs is 6. The first-order valence-corrected chi connectivity index (χ1v) is 12.4. The number of aromatic nitrogens is 4. The average Bonchev–Trinajstić information content (AvgIpc) is 3.52. The van der Waals surface area contributed by atoms with E-state index >= 15 is 0 Å². The van der Waals surface area contributed by atoms with Crippen LogP contribution in [0.5, 0.6) is 17.2 Å². The Labute approximate surface area is 199 Å². The van der Waals surface area contributed by atoms with Gasteiger partial charge in [0.1, 0.15) is 28.9 Å². The van der Waals surface area contributed by atoms with Crippen molar-refractivity contribution in [3.05, 3.63) is 66.2 Å². The van der Waals surface area contributed by atoms with E-state index in [0.29, 0.717) is 18.6 Å². The molecule has 172 valence electrons. The van der Waals surface area contributed by atoms with Crippen molar-refractivity contribution >= 4 is 0 Å². The van der Waals surface area contributed by atoms with Gasteiger partial charge >= 0.3 is 0 Å². The van der Waals surface area contributed by atoms with Crippen LogP contribution in [-0.2, 0) is 19.7 Å². The van der Waals surface area contributed by atoms with Crippen molar-refractivity contribution in [3.63, 3.8) is 0 Å². The normalized spacial score (nSPS) is 20.5. The van der Waals surface area contributed by atoms with E-state index in [2.05, 4.69) is 40.9 Å². The first kappa shape index (κ1) is 19.9. The third kappa shape index (κ3) is 3.23. The Bertz CT molecular complexity index is 1390. The molecule has 2 aromatic carbocycles. The summed E-state index contributed by atoms with van der Waals surface area (Å²) < 4.78 is 16.5. The topological polar surface area (TPSA) is 54.1 Å². The first-order chi connectivity index (χ1) is 16.7. The molecule has 4 heterocycles. The summed E-state index contributed by atoms with van der Waals surface area (Å²) >= 11 is 0. The number of imidazole rings is 2. The van der Waals surface area contributed by atoms with Crippen LogP contribution in [0.2, 0.25) is 0 Å². The Kier molecular flexibility index (Phi) is 4.54. The van der Waals surface area contributed by atoms with Gasteiger partial charge in [0.25, 0.3) is 0 Å². The minimum Gasteiger partial charge on any atom is -0.472 e. The summed E-state index contributed by atoms with van der Waals surface area (Å²) in [5.74, 6) is 5.72. The Balaban J connectivity index is 1.20. The van der Waals surface area contributed by atoms with E-state index in [-0.39, 0.29) is 0 Å². The highest BCUT2D eigenvalue weighted by atomic mass is 16.5. The predicted octanol–water partition coefficient (Wildman–Crippen LogP) is 6.41. The Morgan fingerprint density at radius 1 is 0.971 bits per heavy atom. The highest BCUT2D eigenvalue weighted by Crippen LogP contribution is 2.41. The molecule has 0 amide bonds. The molecule has 0 spiro atoms. The molecule has 7 rings (SSSR count). The van der Waals surface area contributed by atoms with Crippen LogP contribution < -0.4 is 9.47 Å². The number of aryl methyl sites for hydroxylation is 2. The van der Waals surface area contributed by atoms with Crippen molar-refractivity contribution in [2.75, 3.05) is 0 Å². The smallest absolute Gasteiger partial charge is 0.166 e. The molecule has 34 heavy (non-hydrogen) atoms. The van der Waals surface area contributed by atoms with Crippen LogP contribution >= 0.6 is 0 Å². The highest BCUT2D eigenvalue weighted by Gasteiger charge is 2.28. The zero-order valence-electron chi connectivity index (χ0n) is 19.4. The van der Waals surface area contributed by atoms with E-state index in [1.807, 2.05) is 29.0 Å². The lowest BCUT2D eigenvalue weighted by atomic mass is 9.79. The number of nitrogens with zero attached hydrogens (tertiary/aromatic N) is 4. The molecule has 0 radical (unpaired) electrons. The lowest BCUT2D eigenvalue weighted by Crippen LogP contribution is -2.15. The lowest BCUT2D eigenvalue weighted by molar-refractivity contribution is 0.229. The molecule has 6 nitrogen and oxygen atoms in total. The maximum atomic E-state index is 6.33. The Hall–Kier alpha value is -3.54. The minimum atomic E-state index is 0.488. The van der Waals surface area contributed by atoms with Gasteiger partial charge in [-0.15, -0.1) is 0 Å². The second kappa shape index (κ2) is 7.76. The van der Waals surface area contributed by atoms with Gasteiger partial charge < -0.3 is 14.0 Å². The summed E-state index contributed by atoms with van der Waals surface area (Å²) in [5.41, 5.74) is 4.75. The maximum Gasteiger partial charge on any atom is 0.166 e. The van der Waals surface area contributed by atoms with Crippen LogP contribution in [-0.4, -0.2) is 19.1 Å². The monoisotopic (exact) mass is 452 g/mol. The summed E-state index contributed by atoms with van der Waals surface area (Å²) in [5, 5.41) is 0. The molecule has 2 aliphatic heterocycles. The second-order valence-corrected chi connectivity index (χ2v) is 9.87. The van der Waals surface area contributed by atoms with E-state index in [0.717, 1.165) is 47.4 Å². The van der Waals surface area contributed by atoms with Gasteiger partial charge in [-0.25, -0.2) is 9.97 Å². The van der Waals surface area contributed by atoms with Crippen LogP contribution in [0, 0.1) is 5.92 Å². The van der Waals surface area contributed by atoms with Crippen LogP contribution in [0.25, 0.3) is 22.8 Å². The summed E-state index contributed by atoms with van der Waals surface area (Å²) in [6.07, 6.45) is 12.3. The van der Waals surface area contributed by atoms with Gasteiger partial charge in [0.2, 0.25) is 0 Å². The largest absolute Gasteiger partial charge is 0.472 e. The SMILES string of the molecule is CC1CCCCC1c1cn2c(n1)-c1cc(Oc3ccc4c(c3)-c3nccn3CO4)ccc1CC2. The third-order valence-corrected chi connectivity index (χ3v) is 7.73. The molecule has 1 saturated carbocycles. The lowest BCUT2D eigenvalue weighted by Gasteiger charge is -2.27. The molecule has 2 aromatic heterocycles. The Morgan fingerprint density at radius 2 is 1.82 bits per heavy atom. The van der Waals surface area contributed by atoms with E-state index in [1.165, 1.54) is 42.5 Å². The van der Waals surface area contributed by atoms with Gasteiger partial charge in [-0.1, -0.05) is 32.3 Å². The third-order valence-electron chi connectivity index (χ3n) is 7.73. The van der Waals surface area contributed by atoms with Crippen molar-refractivity contribution < 1.29 is 9.47 Å². The van der Waals surface area contributed by atoms with Gasteiger partial charge in [-0.05, 0) is 54.7 Å². The van der Waals surface area contributed by atoms with Crippen LogP contribution in [0.15, 0.2) is 55.0 Å². The van der Waals surface area contributed by atoms with Crippen molar-refractivity contribution in [3.8, 4) is 40.0 Å². The summed E-state index contributed by atoms with van der Waals surface area (Å²) in [6.45, 7) is 3.87. The summed E-state index contributed by atoms with van der Waals surface area (Å²) in [4.78, 5) is 9.66. The number of hydrogen-bond donors (Lipinski definition) is 0. The molecule has 4 aromatic rings. The van der Waals surface area contributed by atoms with Crippen molar-refractivity contribution in [1.82, 2.24) is 19.1 Å². The molecule has 6 heteroatoms. The van der Waals surface area contributed by atoms with Gasteiger partial charge in [0.05, 0.1) is 11.3 Å². The maximum absolute atomic E-state index is 6.33. The zero-order valence-corrected chi connectivity index (χ0v) is 19.4. The molecule has 0 saturated heterocycles. The van der Waals surface area contributed by atoms with Gasteiger partial charge in [-0.3, -0.25) is 4.57 Å². The molecule has 2 atom stereocenters. The van der Waals surface area contributed by atoms with Crippen molar-refractivity contribution in [1.29, 1.82) is 0 Å². The standard InChI is InChI=1S/C28H28N4O2/c1-18-4-2-3-5-22(18)25-16-31-12-10-19-6-7-20(14-23(19)28(31)30-25)34-21-8-9-26-24(15-21)27-29-11-13-32(27)17-33-26/h6-9,11,13-16,18,22H,2-5,10,12,17H2,1H3. The highest BCUT2D eigenvalue weighted by molar-refractivity contribution is 5.69. The molecule has 1 aliphatic carbocycles. The number of benzene rings is 2. The quantitative estimate of drug-likeness (QED) is 0.361. The average molecular weight is 453 g/mol. The van der Waals surface area contributed by atoms with Gasteiger partial charge in [0, 0.05) is 36.6 Å². The van der Waals surface area contributed by atoms with E-state index in [1.54, 1.807) is 6.20 Å². The minimum absolute atomic E-state index is 0.488. The first-order valence-electron chi connectivity index (χ1n) is 12.4. The predicted molar refractivity (Wildman–Crippen MR) is 130 cm³/mol. The number of hydrogen-bond acceptors (Lipinski definition) is 4. The van der Waals surface area contributed by atoms with E-state index in [4.69, 9.17) is 14.5 Å². The molecular weight excluding hydrogens is 424 g/mol. The number of rotatable bonds is 3. The molecule has 0 N–H and O–H groups in total. The second-order valence-electron chi connectivity index (χ2n) is 9.87. The van der Waals surface area contributed by atoms with Gasteiger partial charge in [0.15, 0.2) is 6.73 Å². The van der Waals surface area contributed by atoms with Crippen molar-refractivity contribution in [2.24, 2.45) is 5.92 Å². The van der Waals surface area contributed by atoms with Crippen LogP contribution in [0.1, 0.15) is 49.8 Å². The van der Waals surface area contributed by atoms with Crippen molar-refractivity contribution in [2.45, 2.75) is 58.2 Å². The number of ether oxygens (including phenoxy) is 2. The summed E-state index contributed by atoms with van der Waals surface area (Å²) in [6, 6.07) is 12.3. The van der Waals surface area contributed by atoms with Gasteiger partial charge in [-0.2, -0.15) is 0 Å². The molecular formula is C28H28N4O2. The van der Waals surface area contributed by atoms with Crippen LogP contribution in [0.3, 0.4) is 0 Å². The van der Waals surface area contributed by atoms with Crippen LogP contribution in [0.4, 0.5) is 0 Å². The molecule has 0 bridgehead atoms. The molecule has 1 fully saturated rings. The van der Waals surface area contributed by atoms with E-state index < -0.39 is 0 Å². The Morgan fingerprint density at radius 3 is 2.74 bits per heavy atom. The fourth-order valence-electron chi connectivity index (χ4n) is 5.85. The molecule has 2 unspecified atom stereocenters.